The lowest BCUT2D eigenvalue weighted by Gasteiger charge is -2.26. The van der Waals surface area contributed by atoms with Crippen molar-refractivity contribution >= 4 is 0 Å². The van der Waals surface area contributed by atoms with Crippen LogP contribution >= 0.6 is 0 Å². The van der Waals surface area contributed by atoms with E-state index in [9.17, 15) is 0 Å². The molecule has 76 valence electrons. The van der Waals surface area contributed by atoms with Gasteiger partial charge in [-0.05, 0) is 43.4 Å². The molecule has 0 heterocycles. The van der Waals surface area contributed by atoms with Crippen molar-refractivity contribution in [2.45, 2.75) is 59.3 Å². The highest BCUT2D eigenvalue weighted by Crippen LogP contribution is 2.31. The molecule has 0 heteroatoms. The molecule has 1 aliphatic rings. The second-order valence-electron chi connectivity index (χ2n) is 5.61. The SMILES string of the molecule is CC(C)(C)CC1CC/C=C/CCC1. The van der Waals surface area contributed by atoms with Crippen molar-refractivity contribution in [2.24, 2.45) is 11.3 Å². The molecule has 0 aromatic heterocycles. The normalized spacial score (nSPS) is 27.8. The Kier molecular flexibility index (Phi) is 4.02. The van der Waals surface area contributed by atoms with Gasteiger partial charge in [0, 0.05) is 0 Å². The molecular formula is C13H24. The molecule has 1 rings (SSSR count). The highest BCUT2D eigenvalue weighted by molar-refractivity contribution is 4.85. The summed E-state index contributed by atoms with van der Waals surface area (Å²) in [4.78, 5) is 0. The van der Waals surface area contributed by atoms with E-state index in [2.05, 4.69) is 32.9 Å². The van der Waals surface area contributed by atoms with Crippen LogP contribution in [0, 0.1) is 11.3 Å². The van der Waals surface area contributed by atoms with Gasteiger partial charge < -0.3 is 0 Å². The molecule has 0 spiro atoms. The van der Waals surface area contributed by atoms with Crippen LogP contribution in [-0.2, 0) is 0 Å². The van der Waals surface area contributed by atoms with E-state index >= 15 is 0 Å². The lowest BCUT2D eigenvalue weighted by atomic mass is 9.80. The summed E-state index contributed by atoms with van der Waals surface area (Å²) < 4.78 is 0. The molecule has 0 nitrogen and oxygen atoms in total. The van der Waals surface area contributed by atoms with E-state index in [1.54, 1.807) is 0 Å². The highest BCUT2D eigenvalue weighted by atomic mass is 14.2. The first-order chi connectivity index (χ1) is 6.08. The summed E-state index contributed by atoms with van der Waals surface area (Å²) in [6.45, 7) is 7.09. The minimum Gasteiger partial charge on any atom is -0.0885 e. The van der Waals surface area contributed by atoms with Gasteiger partial charge >= 0.3 is 0 Å². The zero-order chi connectivity index (χ0) is 9.73. The van der Waals surface area contributed by atoms with Gasteiger partial charge in [0.05, 0.1) is 0 Å². The van der Waals surface area contributed by atoms with E-state index in [0.29, 0.717) is 5.41 Å². The van der Waals surface area contributed by atoms with Crippen molar-refractivity contribution in [2.75, 3.05) is 0 Å². The van der Waals surface area contributed by atoms with Gasteiger partial charge in [0.2, 0.25) is 0 Å². The van der Waals surface area contributed by atoms with E-state index in [1.165, 1.54) is 38.5 Å². The number of rotatable bonds is 1. The molecule has 1 atom stereocenters. The van der Waals surface area contributed by atoms with Crippen molar-refractivity contribution in [3.8, 4) is 0 Å². The van der Waals surface area contributed by atoms with Crippen molar-refractivity contribution in [3.63, 3.8) is 0 Å². The summed E-state index contributed by atoms with van der Waals surface area (Å²) in [5, 5.41) is 0. The maximum Gasteiger partial charge on any atom is -0.0348 e. The topological polar surface area (TPSA) is 0 Å². The third kappa shape index (κ3) is 5.13. The van der Waals surface area contributed by atoms with Crippen LogP contribution in [0.3, 0.4) is 0 Å². The zero-order valence-electron chi connectivity index (χ0n) is 9.47. The quantitative estimate of drug-likeness (QED) is 0.519. The van der Waals surface area contributed by atoms with Gasteiger partial charge in [0.25, 0.3) is 0 Å². The minimum absolute atomic E-state index is 0.521. The fourth-order valence-corrected chi connectivity index (χ4v) is 2.31. The molecule has 0 saturated heterocycles. The van der Waals surface area contributed by atoms with Crippen molar-refractivity contribution < 1.29 is 0 Å². The van der Waals surface area contributed by atoms with E-state index in [1.807, 2.05) is 0 Å². The Bertz CT molecular complexity index is 159. The Labute approximate surface area is 83.4 Å². The molecule has 0 aliphatic heterocycles. The average molecular weight is 180 g/mol. The Morgan fingerprint density at radius 2 is 1.77 bits per heavy atom. The summed E-state index contributed by atoms with van der Waals surface area (Å²) in [6, 6.07) is 0. The third-order valence-electron chi connectivity index (χ3n) is 2.79. The standard InChI is InChI=1S/C13H24/c1-13(2,3)11-12-9-7-5-4-6-8-10-12/h4-5,12H,6-11H2,1-3H3/b5-4+. The summed E-state index contributed by atoms with van der Waals surface area (Å²) in [6.07, 6.45) is 13.0. The number of hydrogen-bond acceptors (Lipinski definition) is 0. The van der Waals surface area contributed by atoms with Crippen LogP contribution in [-0.4, -0.2) is 0 Å². The summed E-state index contributed by atoms with van der Waals surface area (Å²) >= 11 is 0. The molecule has 0 saturated carbocycles. The lowest BCUT2D eigenvalue weighted by Crippen LogP contribution is -2.13. The predicted molar refractivity (Wildman–Crippen MR) is 59.8 cm³/mol. The molecule has 0 aromatic rings. The smallest absolute Gasteiger partial charge is 0.0348 e. The van der Waals surface area contributed by atoms with Crippen LogP contribution in [0.15, 0.2) is 12.2 Å². The van der Waals surface area contributed by atoms with Gasteiger partial charge in [-0.25, -0.2) is 0 Å². The Morgan fingerprint density at radius 3 is 2.46 bits per heavy atom. The molecule has 13 heavy (non-hydrogen) atoms. The molecule has 0 amide bonds. The Balaban J connectivity index is 2.36. The average Bonchev–Trinajstić information content (AvgIpc) is 1.92. The van der Waals surface area contributed by atoms with Crippen LogP contribution < -0.4 is 0 Å². The minimum atomic E-state index is 0.521. The molecule has 1 aliphatic carbocycles. The third-order valence-corrected chi connectivity index (χ3v) is 2.79. The van der Waals surface area contributed by atoms with Crippen molar-refractivity contribution in [1.29, 1.82) is 0 Å². The summed E-state index contributed by atoms with van der Waals surface area (Å²) in [5.41, 5.74) is 0.521. The second-order valence-corrected chi connectivity index (χ2v) is 5.61. The van der Waals surface area contributed by atoms with Crippen molar-refractivity contribution in [1.82, 2.24) is 0 Å². The fourth-order valence-electron chi connectivity index (χ4n) is 2.31. The zero-order valence-corrected chi connectivity index (χ0v) is 9.47. The number of allylic oxidation sites excluding steroid dienone is 2. The van der Waals surface area contributed by atoms with Crippen LogP contribution in [0.4, 0.5) is 0 Å². The lowest BCUT2D eigenvalue weighted by molar-refractivity contribution is 0.267. The molecular weight excluding hydrogens is 156 g/mol. The van der Waals surface area contributed by atoms with Gasteiger partial charge in [-0.3, -0.25) is 0 Å². The molecule has 0 fully saturated rings. The van der Waals surface area contributed by atoms with E-state index in [0.717, 1.165) is 5.92 Å². The molecule has 0 N–H and O–H groups in total. The summed E-state index contributed by atoms with van der Waals surface area (Å²) in [7, 11) is 0. The van der Waals surface area contributed by atoms with Crippen LogP contribution in [0.1, 0.15) is 59.3 Å². The van der Waals surface area contributed by atoms with E-state index in [4.69, 9.17) is 0 Å². The first kappa shape index (κ1) is 10.8. The first-order valence-corrected chi connectivity index (χ1v) is 5.73. The Morgan fingerprint density at radius 1 is 1.08 bits per heavy atom. The van der Waals surface area contributed by atoms with Gasteiger partial charge in [-0.1, -0.05) is 39.3 Å². The first-order valence-electron chi connectivity index (χ1n) is 5.73. The van der Waals surface area contributed by atoms with E-state index in [-0.39, 0.29) is 0 Å². The van der Waals surface area contributed by atoms with Gasteiger partial charge in [0.1, 0.15) is 0 Å². The molecule has 0 aromatic carbocycles. The van der Waals surface area contributed by atoms with Crippen LogP contribution in [0.25, 0.3) is 0 Å². The summed E-state index contributed by atoms with van der Waals surface area (Å²) in [5.74, 6) is 0.977. The second kappa shape index (κ2) is 4.83. The van der Waals surface area contributed by atoms with E-state index < -0.39 is 0 Å². The number of hydrogen-bond donors (Lipinski definition) is 0. The fraction of sp³-hybridized carbons (Fsp3) is 0.846. The van der Waals surface area contributed by atoms with Gasteiger partial charge in [0.15, 0.2) is 0 Å². The molecule has 0 bridgehead atoms. The largest absolute Gasteiger partial charge is 0.0885 e. The molecule has 0 radical (unpaired) electrons. The van der Waals surface area contributed by atoms with Crippen molar-refractivity contribution in [3.05, 3.63) is 12.2 Å². The predicted octanol–water partition coefficient (Wildman–Crippen LogP) is 4.56. The highest BCUT2D eigenvalue weighted by Gasteiger charge is 2.18. The maximum absolute atomic E-state index is 2.37. The van der Waals surface area contributed by atoms with Crippen LogP contribution in [0.2, 0.25) is 0 Å². The Hall–Kier alpha value is -0.260. The van der Waals surface area contributed by atoms with Gasteiger partial charge in [-0.2, -0.15) is 0 Å². The van der Waals surface area contributed by atoms with Crippen LogP contribution in [0.5, 0.6) is 0 Å². The maximum atomic E-state index is 2.37. The van der Waals surface area contributed by atoms with Gasteiger partial charge in [-0.15, -0.1) is 0 Å². The molecule has 1 unspecified atom stereocenters. The monoisotopic (exact) mass is 180 g/mol.